The van der Waals surface area contributed by atoms with Crippen molar-refractivity contribution in [3.63, 3.8) is 0 Å². The number of carbonyl (C=O) groups is 1. The molecule has 41 heavy (non-hydrogen) atoms. The number of nitrogens with zero attached hydrogens (tertiary/aromatic N) is 4. The van der Waals surface area contributed by atoms with Crippen LogP contribution in [0.3, 0.4) is 0 Å². The smallest absolute Gasteiger partial charge is 0.372 e. The Morgan fingerprint density at radius 1 is 0.707 bits per heavy atom. The van der Waals surface area contributed by atoms with Gasteiger partial charge in [-0.1, -0.05) is 24.3 Å². The van der Waals surface area contributed by atoms with Crippen LogP contribution in [0.25, 0.3) is 0 Å². The molecule has 0 heterocycles. The van der Waals surface area contributed by atoms with Crippen LogP contribution >= 0.6 is 0 Å². The summed E-state index contributed by atoms with van der Waals surface area (Å²) in [6.45, 7) is 12.5. The lowest BCUT2D eigenvalue weighted by atomic mass is 10.2. The minimum atomic E-state index is -4.67. The first-order valence-corrected chi connectivity index (χ1v) is 14.6. The van der Waals surface area contributed by atoms with Crippen molar-refractivity contribution in [1.82, 2.24) is 5.43 Å². The minimum Gasteiger partial charge on any atom is -0.372 e. The van der Waals surface area contributed by atoms with Crippen LogP contribution in [0, 0.1) is 0 Å². The van der Waals surface area contributed by atoms with Gasteiger partial charge in [0.15, 0.2) is 0 Å². The zero-order valence-corrected chi connectivity index (χ0v) is 24.5. The van der Waals surface area contributed by atoms with Crippen LogP contribution in [0.15, 0.2) is 83.0 Å². The summed E-state index contributed by atoms with van der Waals surface area (Å²) in [5, 5.41) is 8.38. The Morgan fingerprint density at radius 2 is 1.10 bits per heavy atom. The lowest BCUT2D eigenvalue weighted by Gasteiger charge is -2.20. The fourth-order valence-corrected chi connectivity index (χ4v) is 3.83. The van der Waals surface area contributed by atoms with Crippen molar-refractivity contribution in [2.75, 3.05) is 41.4 Å². The van der Waals surface area contributed by atoms with E-state index in [1.54, 1.807) is 24.6 Å². The van der Waals surface area contributed by atoms with Crippen LogP contribution in [-0.2, 0) is 10.4 Å². The molecule has 3 aromatic rings. The summed E-state index contributed by atoms with van der Waals surface area (Å²) in [5.74, 6) is -0.269. The van der Waals surface area contributed by atoms with Gasteiger partial charge in [0, 0.05) is 43.1 Å². The van der Waals surface area contributed by atoms with Gasteiger partial charge in [0.2, 0.25) is 0 Å². The van der Waals surface area contributed by atoms with Gasteiger partial charge in [-0.15, -0.1) is 0 Å². The van der Waals surface area contributed by atoms with Gasteiger partial charge in [0.1, 0.15) is 0 Å². The Hall–Kier alpha value is -4.26. The lowest BCUT2D eigenvalue weighted by Crippen LogP contribution is -2.21. The molecule has 0 radical (unpaired) electrons. The van der Waals surface area contributed by atoms with Crippen molar-refractivity contribution >= 4 is 45.8 Å². The summed E-state index contributed by atoms with van der Waals surface area (Å²) in [4.78, 5) is 17.0. The van der Waals surface area contributed by atoms with E-state index < -0.39 is 10.4 Å². The van der Waals surface area contributed by atoms with Crippen molar-refractivity contribution in [2.45, 2.75) is 27.7 Å². The first kappa shape index (κ1) is 32.9. The Kier molecular flexibility index (Phi) is 13.5. The summed E-state index contributed by atoms with van der Waals surface area (Å²) >= 11 is 0. The molecule has 1 amide bonds. The molecule has 220 valence electrons. The molecule has 0 saturated carbocycles. The van der Waals surface area contributed by atoms with Crippen LogP contribution in [0.4, 0.5) is 17.1 Å². The lowest BCUT2D eigenvalue weighted by molar-refractivity contribution is 0.0955. The van der Waals surface area contributed by atoms with Gasteiger partial charge in [0.25, 0.3) is 5.91 Å². The summed E-state index contributed by atoms with van der Waals surface area (Å²) in [7, 11) is -4.67. The Balaban J connectivity index is 0.00000108. The zero-order valence-electron chi connectivity index (χ0n) is 23.7. The number of hydrogen-bond acceptors (Lipinski definition) is 8. The second-order valence-electron chi connectivity index (χ2n) is 8.62. The van der Waals surface area contributed by atoms with Crippen LogP contribution < -0.4 is 20.7 Å². The molecule has 4 N–H and O–H groups in total. The minimum absolute atomic E-state index is 0.269. The maximum absolute atomic E-state index is 12.4. The summed E-state index contributed by atoms with van der Waals surface area (Å²) < 4.78 is 31.6. The molecule has 0 unspecified atom stereocenters. The number of anilines is 3. The highest BCUT2D eigenvalue weighted by Crippen LogP contribution is 2.15. The molecule has 0 atom stereocenters. The van der Waals surface area contributed by atoms with E-state index in [2.05, 4.69) is 82.8 Å². The largest absolute Gasteiger partial charge is 0.394 e. The van der Waals surface area contributed by atoms with E-state index in [-0.39, 0.29) is 5.91 Å². The molecule has 0 aliphatic rings. The first-order chi connectivity index (χ1) is 19.6. The first-order valence-electron chi connectivity index (χ1n) is 13.2. The Bertz CT molecular complexity index is 1360. The van der Waals surface area contributed by atoms with E-state index in [9.17, 15) is 4.79 Å². The van der Waals surface area contributed by atoms with Gasteiger partial charge in [-0.05, 0) is 87.4 Å². The molecule has 12 heteroatoms. The van der Waals surface area contributed by atoms with Gasteiger partial charge in [-0.2, -0.15) is 18.6 Å². The number of hydrazone groups is 2. The molecular formula is C29H38N6O5S. The average molecular weight is 583 g/mol. The van der Waals surface area contributed by atoms with Crippen LogP contribution in [0.1, 0.15) is 49.2 Å². The monoisotopic (exact) mass is 582 g/mol. The molecule has 3 rings (SSSR count). The third-order valence-corrected chi connectivity index (χ3v) is 5.98. The number of amides is 1. The third-order valence-electron chi connectivity index (χ3n) is 5.98. The van der Waals surface area contributed by atoms with E-state index >= 15 is 0 Å². The van der Waals surface area contributed by atoms with Crippen molar-refractivity contribution in [3.05, 3.63) is 89.5 Å². The van der Waals surface area contributed by atoms with Gasteiger partial charge in [-0.3, -0.25) is 19.3 Å². The molecule has 0 aliphatic carbocycles. The van der Waals surface area contributed by atoms with E-state index in [0.29, 0.717) is 5.56 Å². The van der Waals surface area contributed by atoms with E-state index in [4.69, 9.17) is 17.5 Å². The van der Waals surface area contributed by atoms with E-state index in [1.165, 1.54) is 11.4 Å². The molecule has 3 aromatic carbocycles. The highest BCUT2D eigenvalue weighted by atomic mass is 32.3. The number of hydrogen-bond donors (Lipinski definition) is 4. The maximum Gasteiger partial charge on any atom is 0.394 e. The quantitative estimate of drug-likeness (QED) is 0.133. The van der Waals surface area contributed by atoms with Gasteiger partial charge >= 0.3 is 10.4 Å². The van der Waals surface area contributed by atoms with Gasteiger partial charge in [0.05, 0.1) is 18.1 Å². The summed E-state index contributed by atoms with van der Waals surface area (Å²) in [6.07, 6.45) is 3.42. The normalized spacial score (nSPS) is 11.2. The summed E-state index contributed by atoms with van der Waals surface area (Å²) in [5.41, 5.74) is 11.2. The topological polar surface area (TPSA) is 147 Å². The van der Waals surface area contributed by atoms with Crippen molar-refractivity contribution in [2.24, 2.45) is 10.2 Å². The SMILES string of the molecule is CCN(CC)c1ccc(/C=N/NC(=O)c2ccc(N/N=C/c3ccc(N(CC)CC)cc3)cc2)cc1.O=S(=O)(O)O. The second kappa shape index (κ2) is 16.8. The standard InChI is InChI=1S/C29H36N6O.H2O4S/c1-5-34(6-2)27-17-9-23(10-18-27)21-30-32-26-15-13-25(14-16-26)29(36)33-31-22-24-11-19-28(20-12-24)35(7-3)8-4;1-5(2,3)4/h9-22,32H,5-8H2,1-4H3,(H,33,36);(H2,1,2,3,4)/b30-21+,31-22+;. The predicted octanol–water partition coefficient (Wildman–Crippen LogP) is 4.94. The van der Waals surface area contributed by atoms with Crippen LogP contribution in [0.5, 0.6) is 0 Å². The van der Waals surface area contributed by atoms with E-state index in [0.717, 1.165) is 43.0 Å². The van der Waals surface area contributed by atoms with Crippen molar-refractivity contribution in [1.29, 1.82) is 0 Å². The number of nitrogens with one attached hydrogen (secondary N) is 2. The molecule has 11 nitrogen and oxygen atoms in total. The van der Waals surface area contributed by atoms with Crippen LogP contribution in [-0.4, -0.2) is 62.0 Å². The number of rotatable bonds is 12. The number of benzene rings is 3. The molecule has 0 aromatic heterocycles. The van der Waals surface area contributed by atoms with E-state index in [1.807, 2.05) is 36.4 Å². The molecule has 0 aliphatic heterocycles. The fourth-order valence-electron chi connectivity index (χ4n) is 3.83. The number of carbonyl (C=O) groups excluding carboxylic acids is 1. The molecular weight excluding hydrogens is 544 g/mol. The Labute approximate surface area is 242 Å². The highest BCUT2D eigenvalue weighted by molar-refractivity contribution is 7.79. The Morgan fingerprint density at radius 3 is 1.49 bits per heavy atom. The zero-order chi connectivity index (χ0) is 30.3. The molecule has 0 bridgehead atoms. The molecule has 0 spiro atoms. The molecule has 0 fully saturated rings. The molecule has 0 saturated heterocycles. The van der Waals surface area contributed by atoms with Crippen molar-refractivity contribution in [3.8, 4) is 0 Å². The highest BCUT2D eigenvalue weighted by Gasteiger charge is 2.05. The second-order valence-corrected chi connectivity index (χ2v) is 9.52. The third kappa shape index (κ3) is 12.2. The van der Waals surface area contributed by atoms with Gasteiger partial charge in [-0.25, -0.2) is 5.43 Å². The maximum atomic E-state index is 12.4. The van der Waals surface area contributed by atoms with Gasteiger partial charge < -0.3 is 9.80 Å². The van der Waals surface area contributed by atoms with Crippen LogP contribution in [0.2, 0.25) is 0 Å². The fraction of sp³-hybridized carbons (Fsp3) is 0.276. The summed E-state index contributed by atoms with van der Waals surface area (Å²) in [6, 6.07) is 23.5. The average Bonchev–Trinajstić information content (AvgIpc) is 2.95. The van der Waals surface area contributed by atoms with Crippen molar-refractivity contribution < 1.29 is 22.3 Å². The predicted molar refractivity (Wildman–Crippen MR) is 167 cm³/mol.